The number of carbonyl (C=O) groups excluding carboxylic acids is 1. The fourth-order valence-electron chi connectivity index (χ4n) is 4.36. The van der Waals surface area contributed by atoms with Crippen LogP contribution in [0.1, 0.15) is 30.4 Å². The first-order chi connectivity index (χ1) is 13.0. The Kier molecular flexibility index (Phi) is 4.60. The van der Waals surface area contributed by atoms with Gasteiger partial charge < -0.3 is 14.7 Å². The van der Waals surface area contributed by atoms with Crippen LogP contribution in [0, 0.1) is 11.8 Å². The Labute approximate surface area is 158 Å². The van der Waals surface area contributed by atoms with Crippen molar-refractivity contribution in [3.63, 3.8) is 0 Å². The Hall–Kier alpha value is -2.82. The highest BCUT2D eigenvalue weighted by molar-refractivity contribution is 5.79. The molecule has 1 amide bonds. The lowest BCUT2D eigenvalue weighted by Crippen LogP contribution is -2.46. The fraction of sp³-hybridized carbons (Fsp3) is 0.364. The SMILES string of the molecule is C[C@H]1C[C@@H](C(=O)O)CN(C(=O)OCC2c3ccccc3-c3ccccc32)C1. The molecule has 1 aliphatic carbocycles. The molecule has 27 heavy (non-hydrogen) atoms. The molecular formula is C22H23NO4. The van der Waals surface area contributed by atoms with Gasteiger partial charge in [0.05, 0.1) is 5.92 Å². The first kappa shape index (κ1) is 17.6. The summed E-state index contributed by atoms with van der Waals surface area (Å²) in [5.74, 6) is -1.20. The van der Waals surface area contributed by atoms with E-state index in [0.717, 1.165) is 0 Å². The summed E-state index contributed by atoms with van der Waals surface area (Å²) in [5, 5.41) is 9.30. The van der Waals surface area contributed by atoms with Crippen molar-refractivity contribution in [2.24, 2.45) is 11.8 Å². The van der Waals surface area contributed by atoms with Gasteiger partial charge in [0, 0.05) is 19.0 Å². The van der Waals surface area contributed by atoms with Crippen LogP contribution < -0.4 is 0 Å². The molecule has 2 aromatic rings. The number of piperidine rings is 1. The molecular weight excluding hydrogens is 342 g/mol. The molecule has 0 spiro atoms. The number of amides is 1. The Morgan fingerprint density at radius 1 is 1.04 bits per heavy atom. The summed E-state index contributed by atoms with van der Waals surface area (Å²) in [5.41, 5.74) is 4.71. The topological polar surface area (TPSA) is 66.8 Å². The Morgan fingerprint density at radius 2 is 1.63 bits per heavy atom. The number of rotatable bonds is 3. The number of fused-ring (bicyclic) bond motifs is 3. The van der Waals surface area contributed by atoms with Crippen molar-refractivity contribution in [1.82, 2.24) is 4.90 Å². The summed E-state index contributed by atoms with van der Waals surface area (Å²) < 4.78 is 5.65. The zero-order valence-corrected chi connectivity index (χ0v) is 15.3. The first-order valence-corrected chi connectivity index (χ1v) is 9.37. The zero-order chi connectivity index (χ0) is 19.0. The average molecular weight is 365 g/mol. The van der Waals surface area contributed by atoms with Crippen LogP contribution in [0.15, 0.2) is 48.5 Å². The van der Waals surface area contributed by atoms with E-state index >= 15 is 0 Å². The van der Waals surface area contributed by atoms with Crippen molar-refractivity contribution >= 4 is 12.1 Å². The summed E-state index contributed by atoms with van der Waals surface area (Å²) in [6.45, 7) is 2.99. The van der Waals surface area contributed by atoms with Gasteiger partial charge in [0.2, 0.25) is 0 Å². The summed E-state index contributed by atoms with van der Waals surface area (Å²) in [7, 11) is 0. The summed E-state index contributed by atoms with van der Waals surface area (Å²) in [6.07, 6.45) is 0.178. The van der Waals surface area contributed by atoms with Crippen molar-refractivity contribution in [2.45, 2.75) is 19.3 Å². The van der Waals surface area contributed by atoms with Crippen molar-refractivity contribution in [1.29, 1.82) is 0 Å². The summed E-state index contributed by atoms with van der Waals surface area (Å²) in [4.78, 5) is 25.5. The molecule has 0 bridgehead atoms. The molecule has 4 rings (SSSR count). The third-order valence-electron chi connectivity index (χ3n) is 5.60. The van der Waals surface area contributed by atoms with E-state index < -0.39 is 18.0 Å². The minimum absolute atomic E-state index is 0.0128. The van der Waals surface area contributed by atoms with Gasteiger partial charge >= 0.3 is 12.1 Å². The van der Waals surface area contributed by atoms with Crippen molar-refractivity contribution in [2.75, 3.05) is 19.7 Å². The Morgan fingerprint density at radius 3 is 2.22 bits per heavy atom. The minimum Gasteiger partial charge on any atom is -0.481 e. The van der Waals surface area contributed by atoms with Gasteiger partial charge in [-0.05, 0) is 34.6 Å². The molecule has 1 N–H and O–H groups in total. The predicted octanol–water partition coefficient (Wildman–Crippen LogP) is 3.98. The quantitative estimate of drug-likeness (QED) is 0.893. The van der Waals surface area contributed by atoms with Crippen LogP contribution >= 0.6 is 0 Å². The van der Waals surface area contributed by atoms with Crippen LogP contribution in [0.5, 0.6) is 0 Å². The van der Waals surface area contributed by atoms with E-state index in [4.69, 9.17) is 4.74 Å². The lowest BCUT2D eigenvalue weighted by molar-refractivity contribution is -0.144. The highest BCUT2D eigenvalue weighted by atomic mass is 16.6. The average Bonchev–Trinajstić information content (AvgIpc) is 2.99. The van der Waals surface area contributed by atoms with Gasteiger partial charge in [-0.15, -0.1) is 0 Å². The van der Waals surface area contributed by atoms with E-state index in [2.05, 4.69) is 24.3 Å². The number of carboxylic acids is 1. The number of aliphatic carboxylic acids is 1. The normalized spacial score (nSPS) is 21.4. The number of ether oxygens (including phenoxy) is 1. The largest absolute Gasteiger partial charge is 0.481 e. The van der Waals surface area contributed by atoms with E-state index in [9.17, 15) is 14.7 Å². The monoisotopic (exact) mass is 365 g/mol. The molecule has 5 nitrogen and oxygen atoms in total. The number of carboxylic acid groups (broad SMARTS) is 1. The van der Waals surface area contributed by atoms with E-state index in [0.29, 0.717) is 13.0 Å². The van der Waals surface area contributed by atoms with Crippen molar-refractivity contribution < 1.29 is 19.4 Å². The second kappa shape index (κ2) is 7.06. The molecule has 0 saturated carbocycles. The molecule has 1 aliphatic heterocycles. The first-order valence-electron chi connectivity index (χ1n) is 9.37. The fourth-order valence-corrected chi connectivity index (χ4v) is 4.36. The van der Waals surface area contributed by atoms with Crippen LogP contribution in [0.4, 0.5) is 4.79 Å². The Bertz CT molecular complexity index is 833. The van der Waals surface area contributed by atoms with E-state index in [-0.39, 0.29) is 25.0 Å². The molecule has 5 heteroatoms. The van der Waals surface area contributed by atoms with Gasteiger partial charge in [0.1, 0.15) is 6.61 Å². The zero-order valence-electron chi connectivity index (χ0n) is 15.3. The number of benzene rings is 2. The molecule has 2 atom stereocenters. The van der Waals surface area contributed by atoms with Gasteiger partial charge in [-0.25, -0.2) is 4.79 Å². The van der Waals surface area contributed by atoms with Crippen LogP contribution in [0.3, 0.4) is 0 Å². The molecule has 1 saturated heterocycles. The molecule has 1 heterocycles. The van der Waals surface area contributed by atoms with Gasteiger partial charge in [0.25, 0.3) is 0 Å². The lowest BCUT2D eigenvalue weighted by Gasteiger charge is -2.34. The van der Waals surface area contributed by atoms with Crippen LogP contribution in [0.2, 0.25) is 0 Å². The van der Waals surface area contributed by atoms with Crippen LogP contribution in [0.25, 0.3) is 11.1 Å². The third-order valence-corrected chi connectivity index (χ3v) is 5.60. The van der Waals surface area contributed by atoms with E-state index in [1.807, 2.05) is 31.2 Å². The minimum atomic E-state index is -0.849. The van der Waals surface area contributed by atoms with Crippen molar-refractivity contribution in [3.05, 3.63) is 59.7 Å². The highest BCUT2D eigenvalue weighted by Gasteiger charge is 2.34. The number of carbonyl (C=O) groups is 2. The standard InChI is InChI=1S/C22H23NO4/c1-14-10-15(21(24)25)12-23(11-14)22(26)27-13-20-18-8-4-2-6-16(18)17-7-3-5-9-19(17)20/h2-9,14-15,20H,10-13H2,1H3,(H,24,25)/t14-,15+/m0/s1. The molecule has 0 unspecified atom stereocenters. The van der Waals surface area contributed by atoms with Gasteiger partial charge in [0.15, 0.2) is 0 Å². The van der Waals surface area contributed by atoms with E-state index in [1.54, 1.807) is 4.90 Å². The highest BCUT2D eigenvalue weighted by Crippen LogP contribution is 2.44. The maximum absolute atomic E-state index is 12.6. The predicted molar refractivity (Wildman–Crippen MR) is 102 cm³/mol. The molecule has 0 aromatic heterocycles. The molecule has 2 aromatic carbocycles. The second-order valence-corrected chi connectivity index (χ2v) is 7.59. The Balaban J connectivity index is 1.49. The van der Waals surface area contributed by atoms with Crippen LogP contribution in [-0.2, 0) is 9.53 Å². The number of nitrogens with zero attached hydrogens (tertiary/aromatic N) is 1. The number of hydrogen-bond acceptors (Lipinski definition) is 3. The smallest absolute Gasteiger partial charge is 0.409 e. The maximum Gasteiger partial charge on any atom is 0.409 e. The van der Waals surface area contributed by atoms with Gasteiger partial charge in [-0.2, -0.15) is 0 Å². The molecule has 0 radical (unpaired) electrons. The van der Waals surface area contributed by atoms with Crippen LogP contribution in [-0.4, -0.2) is 41.8 Å². The van der Waals surface area contributed by atoms with Gasteiger partial charge in [-0.3, -0.25) is 4.79 Å². The lowest BCUT2D eigenvalue weighted by atomic mass is 9.91. The van der Waals surface area contributed by atoms with Gasteiger partial charge in [-0.1, -0.05) is 55.5 Å². The number of hydrogen-bond donors (Lipinski definition) is 1. The van der Waals surface area contributed by atoms with E-state index in [1.165, 1.54) is 22.3 Å². The number of likely N-dealkylation sites (tertiary alicyclic amines) is 1. The maximum atomic E-state index is 12.6. The molecule has 140 valence electrons. The summed E-state index contributed by atoms with van der Waals surface area (Å²) in [6, 6.07) is 16.4. The second-order valence-electron chi connectivity index (χ2n) is 7.59. The third kappa shape index (κ3) is 3.29. The molecule has 1 fully saturated rings. The summed E-state index contributed by atoms with van der Waals surface area (Å²) >= 11 is 0. The van der Waals surface area contributed by atoms with Crippen molar-refractivity contribution in [3.8, 4) is 11.1 Å². The molecule has 2 aliphatic rings.